The molecule has 0 saturated carbocycles. The second-order valence-corrected chi connectivity index (χ2v) is 4.43. The summed E-state index contributed by atoms with van der Waals surface area (Å²) in [5.74, 6) is 1.60. The standard InChI is InChI=1S/C17H19NO3/c1-2-17(18-19)14-8-10-16(11-9-14)21-13-12-20-15-6-4-3-5-7-15/h3-11,19H,2,12-13H2,1H3. The van der Waals surface area contributed by atoms with Gasteiger partial charge in [-0.1, -0.05) is 30.3 Å². The smallest absolute Gasteiger partial charge is 0.122 e. The van der Waals surface area contributed by atoms with E-state index in [0.717, 1.165) is 17.1 Å². The van der Waals surface area contributed by atoms with Gasteiger partial charge in [-0.25, -0.2) is 0 Å². The number of benzene rings is 2. The lowest BCUT2D eigenvalue weighted by Crippen LogP contribution is -2.09. The van der Waals surface area contributed by atoms with Crippen molar-refractivity contribution in [3.05, 3.63) is 60.2 Å². The highest BCUT2D eigenvalue weighted by molar-refractivity contribution is 6.00. The molecule has 2 rings (SSSR count). The Labute approximate surface area is 124 Å². The van der Waals surface area contributed by atoms with Crippen molar-refractivity contribution in [2.45, 2.75) is 13.3 Å². The Bertz CT molecular complexity index is 564. The van der Waals surface area contributed by atoms with Crippen molar-refractivity contribution in [1.29, 1.82) is 0 Å². The summed E-state index contributed by atoms with van der Waals surface area (Å²) < 4.78 is 11.1. The summed E-state index contributed by atoms with van der Waals surface area (Å²) in [5.41, 5.74) is 1.56. The molecule has 0 radical (unpaired) electrons. The Morgan fingerprint density at radius 3 is 2.00 bits per heavy atom. The Balaban J connectivity index is 1.79. The first-order valence-corrected chi connectivity index (χ1v) is 6.95. The van der Waals surface area contributed by atoms with E-state index >= 15 is 0 Å². The fourth-order valence-electron chi connectivity index (χ4n) is 1.91. The van der Waals surface area contributed by atoms with Gasteiger partial charge in [-0.2, -0.15) is 0 Å². The largest absolute Gasteiger partial charge is 0.490 e. The fraction of sp³-hybridized carbons (Fsp3) is 0.235. The van der Waals surface area contributed by atoms with Gasteiger partial charge in [0.2, 0.25) is 0 Å². The molecule has 0 saturated heterocycles. The summed E-state index contributed by atoms with van der Waals surface area (Å²) >= 11 is 0. The van der Waals surface area contributed by atoms with Crippen molar-refractivity contribution in [1.82, 2.24) is 0 Å². The molecule has 0 aromatic heterocycles. The van der Waals surface area contributed by atoms with Crippen LogP contribution in [-0.2, 0) is 0 Å². The molecule has 0 unspecified atom stereocenters. The fourth-order valence-corrected chi connectivity index (χ4v) is 1.91. The van der Waals surface area contributed by atoms with Crippen molar-refractivity contribution in [3.63, 3.8) is 0 Å². The zero-order chi connectivity index (χ0) is 14.9. The van der Waals surface area contributed by atoms with E-state index in [-0.39, 0.29) is 0 Å². The lowest BCUT2D eigenvalue weighted by Gasteiger charge is -2.09. The van der Waals surface area contributed by atoms with E-state index in [9.17, 15) is 0 Å². The van der Waals surface area contributed by atoms with Crippen LogP contribution in [0.5, 0.6) is 11.5 Å². The molecule has 110 valence electrons. The molecule has 2 aromatic carbocycles. The number of oxime groups is 1. The van der Waals surface area contributed by atoms with Gasteiger partial charge < -0.3 is 14.7 Å². The summed E-state index contributed by atoms with van der Waals surface area (Å²) in [4.78, 5) is 0. The first-order chi connectivity index (χ1) is 10.3. The van der Waals surface area contributed by atoms with E-state index in [1.54, 1.807) is 0 Å². The second-order valence-electron chi connectivity index (χ2n) is 4.43. The molecule has 0 aliphatic carbocycles. The zero-order valence-corrected chi connectivity index (χ0v) is 12.0. The molecule has 0 aliphatic heterocycles. The van der Waals surface area contributed by atoms with Gasteiger partial charge in [-0.15, -0.1) is 0 Å². The van der Waals surface area contributed by atoms with Gasteiger partial charge in [0, 0.05) is 0 Å². The van der Waals surface area contributed by atoms with Crippen molar-refractivity contribution in [2.24, 2.45) is 5.16 Å². The molecule has 0 bridgehead atoms. The van der Waals surface area contributed by atoms with Gasteiger partial charge >= 0.3 is 0 Å². The Morgan fingerprint density at radius 1 is 0.905 bits per heavy atom. The van der Waals surface area contributed by atoms with Gasteiger partial charge in [0.25, 0.3) is 0 Å². The van der Waals surface area contributed by atoms with E-state index < -0.39 is 0 Å². The number of ether oxygens (including phenoxy) is 2. The number of hydrogen-bond donors (Lipinski definition) is 1. The maximum absolute atomic E-state index is 8.87. The van der Waals surface area contributed by atoms with Crippen molar-refractivity contribution in [3.8, 4) is 11.5 Å². The molecule has 0 fully saturated rings. The van der Waals surface area contributed by atoms with Crippen LogP contribution >= 0.6 is 0 Å². The van der Waals surface area contributed by atoms with Gasteiger partial charge in [-0.3, -0.25) is 0 Å². The normalized spacial score (nSPS) is 11.2. The maximum atomic E-state index is 8.87. The number of para-hydroxylation sites is 1. The molecule has 2 aromatic rings. The quantitative estimate of drug-likeness (QED) is 0.365. The topological polar surface area (TPSA) is 51.1 Å². The van der Waals surface area contributed by atoms with Crippen LogP contribution in [0.25, 0.3) is 0 Å². The molecule has 0 amide bonds. The highest BCUT2D eigenvalue weighted by Gasteiger charge is 2.02. The van der Waals surface area contributed by atoms with E-state index in [1.807, 2.05) is 61.5 Å². The van der Waals surface area contributed by atoms with E-state index in [0.29, 0.717) is 25.3 Å². The van der Waals surface area contributed by atoms with Crippen LogP contribution in [0.15, 0.2) is 59.8 Å². The first-order valence-electron chi connectivity index (χ1n) is 6.95. The van der Waals surface area contributed by atoms with Crippen LogP contribution in [0, 0.1) is 0 Å². The predicted octanol–water partition coefficient (Wildman–Crippen LogP) is 3.73. The molecule has 21 heavy (non-hydrogen) atoms. The van der Waals surface area contributed by atoms with Crippen molar-refractivity contribution >= 4 is 5.71 Å². The third kappa shape index (κ3) is 4.53. The molecule has 1 N–H and O–H groups in total. The number of nitrogens with zero attached hydrogens (tertiary/aromatic N) is 1. The summed E-state index contributed by atoms with van der Waals surface area (Å²) in [5, 5.41) is 12.1. The summed E-state index contributed by atoms with van der Waals surface area (Å²) in [7, 11) is 0. The van der Waals surface area contributed by atoms with Crippen LogP contribution < -0.4 is 9.47 Å². The van der Waals surface area contributed by atoms with Crippen LogP contribution in [-0.4, -0.2) is 24.1 Å². The molecular formula is C17H19NO3. The second kappa shape index (κ2) is 7.94. The van der Waals surface area contributed by atoms with E-state index in [4.69, 9.17) is 14.7 Å². The highest BCUT2D eigenvalue weighted by atomic mass is 16.5. The molecule has 4 nitrogen and oxygen atoms in total. The van der Waals surface area contributed by atoms with Gasteiger partial charge in [-0.05, 0) is 48.4 Å². The molecule has 0 spiro atoms. The van der Waals surface area contributed by atoms with Crippen molar-refractivity contribution in [2.75, 3.05) is 13.2 Å². The van der Waals surface area contributed by atoms with Gasteiger partial charge in [0.15, 0.2) is 0 Å². The Kier molecular flexibility index (Phi) is 5.64. The minimum absolute atomic E-state index is 0.475. The average Bonchev–Trinajstić information content (AvgIpc) is 2.55. The van der Waals surface area contributed by atoms with Gasteiger partial charge in [0.1, 0.15) is 24.7 Å². The van der Waals surface area contributed by atoms with Crippen LogP contribution in [0.1, 0.15) is 18.9 Å². The molecule has 0 aliphatic rings. The Hall–Kier alpha value is -2.49. The predicted molar refractivity (Wildman–Crippen MR) is 82.5 cm³/mol. The number of hydrogen-bond acceptors (Lipinski definition) is 4. The minimum atomic E-state index is 0.475. The molecular weight excluding hydrogens is 266 g/mol. The van der Waals surface area contributed by atoms with Crippen LogP contribution in [0.3, 0.4) is 0 Å². The highest BCUT2D eigenvalue weighted by Crippen LogP contribution is 2.14. The molecule has 0 heterocycles. The van der Waals surface area contributed by atoms with Gasteiger partial charge in [0.05, 0.1) is 5.71 Å². The summed E-state index contributed by atoms with van der Waals surface area (Å²) in [6, 6.07) is 17.1. The Morgan fingerprint density at radius 2 is 1.48 bits per heavy atom. The molecule has 4 heteroatoms. The van der Waals surface area contributed by atoms with E-state index in [2.05, 4.69) is 5.16 Å². The van der Waals surface area contributed by atoms with Crippen LogP contribution in [0.2, 0.25) is 0 Å². The van der Waals surface area contributed by atoms with E-state index in [1.165, 1.54) is 0 Å². The lowest BCUT2D eigenvalue weighted by molar-refractivity contribution is 0.217. The SMILES string of the molecule is CCC(=NO)c1ccc(OCCOc2ccccc2)cc1. The monoisotopic (exact) mass is 285 g/mol. The number of rotatable bonds is 7. The molecule has 0 atom stereocenters. The lowest BCUT2D eigenvalue weighted by atomic mass is 10.1. The summed E-state index contributed by atoms with van der Waals surface area (Å²) in [6.07, 6.45) is 0.682. The van der Waals surface area contributed by atoms with Crippen molar-refractivity contribution < 1.29 is 14.7 Å². The third-order valence-electron chi connectivity index (χ3n) is 3.01. The minimum Gasteiger partial charge on any atom is -0.490 e. The maximum Gasteiger partial charge on any atom is 0.122 e. The average molecular weight is 285 g/mol. The van der Waals surface area contributed by atoms with Crippen LogP contribution in [0.4, 0.5) is 0 Å². The zero-order valence-electron chi connectivity index (χ0n) is 12.0. The third-order valence-corrected chi connectivity index (χ3v) is 3.01. The summed E-state index contributed by atoms with van der Waals surface area (Å²) in [6.45, 7) is 2.91. The first kappa shape index (κ1) is 14.9.